The molecule has 1 aromatic carbocycles. The summed E-state index contributed by atoms with van der Waals surface area (Å²) in [7, 11) is 0. The normalized spacial score (nSPS) is 10.3. The number of rotatable bonds is 4. The van der Waals surface area contributed by atoms with E-state index in [0.29, 0.717) is 24.2 Å². The van der Waals surface area contributed by atoms with Crippen molar-refractivity contribution >= 4 is 11.6 Å². The van der Waals surface area contributed by atoms with E-state index in [0.717, 1.165) is 11.4 Å². The maximum absolute atomic E-state index is 11.9. The van der Waals surface area contributed by atoms with Crippen LogP contribution in [0.3, 0.4) is 0 Å². The Balaban J connectivity index is 1.93. The van der Waals surface area contributed by atoms with Gasteiger partial charge in [-0.1, -0.05) is 6.07 Å². The van der Waals surface area contributed by atoms with Crippen molar-refractivity contribution in [2.75, 3.05) is 12.3 Å². The Morgan fingerprint density at radius 1 is 1.50 bits per heavy atom. The zero-order valence-corrected chi connectivity index (χ0v) is 10.1. The third-order valence-corrected chi connectivity index (χ3v) is 2.73. The number of nitrogens with zero attached hydrogens (tertiary/aromatic N) is 2. The summed E-state index contributed by atoms with van der Waals surface area (Å²) in [5.41, 5.74) is 7.79. The van der Waals surface area contributed by atoms with E-state index in [4.69, 9.17) is 5.73 Å². The van der Waals surface area contributed by atoms with Crippen LogP contribution in [0, 0.1) is 6.92 Å². The molecule has 0 saturated heterocycles. The molecule has 0 aliphatic rings. The largest absolute Gasteiger partial charge is 0.398 e. The van der Waals surface area contributed by atoms with Crippen LogP contribution in [0.4, 0.5) is 5.69 Å². The van der Waals surface area contributed by atoms with E-state index in [1.54, 1.807) is 18.2 Å². The van der Waals surface area contributed by atoms with Gasteiger partial charge < -0.3 is 11.1 Å². The van der Waals surface area contributed by atoms with Gasteiger partial charge in [-0.25, -0.2) is 4.98 Å². The van der Waals surface area contributed by atoms with Gasteiger partial charge in [0.05, 0.1) is 0 Å². The van der Waals surface area contributed by atoms with Gasteiger partial charge in [0.1, 0.15) is 12.2 Å². The van der Waals surface area contributed by atoms with Crippen molar-refractivity contribution in [1.29, 1.82) is 0 Å². The molecule has 1 heterocycles. The molecule has 1 aromatic heterocycles. The number of nitrogens with one attached hydrogen (secondary N) is 2. The molecular formula is C12H15N5O. The maximum atomic E-state index is 11.9. The van der Waals surface area contributed by atoms with Gasteiger partial charge in [0.2, 0.25) is 0 Å². The van der Waals surface area contributed by atoms with E-state index in [-0.39, 0.29) is 5.91 Å². The minimum atomic E-state index is -0.126. The number of aromatic nitrogens is 3. The maximum Gasteiger partial charge on any atom is 0.251 e. The predicted molar refractivity (Wildman–Crippen MR) is 68.0 cm³/mol. The highest BCUT2D eigenvalue weighted by Gasteiger charge is 2.09. The van der Waals surface area contributed by atoms with Crippen LogP contribution in [0.15, 0.2) is 24.5 Å². The van der Waals surface area contributed by atoms with E-state index in [9.17, 15) is 4.79 Å². The Hall–Kier alpha value is -2.37. The molecule has 0 bridgehead atoms. The molecule has 0 radical (unpaired) electrons. The number of nitrogen functional groups attached to an aromatic ring is 1. The topological polar surface area (TPSA) is 96.7 Å². The van der Waals surface area contributed by atoms with Crippen LogP contribution in [0.2, 0.25) is 0 Å². The highest BCUT2D eigenvalue weighted by molar-refractivity contribution is 5.96. The van der Waals surface area contributed by atoms with Crippen molar-refractivity contribution in [3.8, 4) is 0 Å². The van der Waals surface area contributed by atoms with E-state index >= 15 is 0 Å². The average Bonchev–Trinajstić information content (AvgIpc) is 2.85. The molecule has 0 aliphatic heterocycles. The number of nitrogens with two attached hydrogens (primary N) is 1. The summed E-state index contributed by atoms with van der Waals surface area (Å²) in [5.74, 6) is 0.624. The fourth-order valence-electron chi connectivity index (χ4n) is 1.64. The van der Waals surface area contributed by atoms with Crippen molar-refractivity contribution in [3.05, 3.63) is 41.5 Å². The SMILES string of the molecule is Cc1c(N)cccc1C(=O)NCCc1ncn[nH]1. The second-order valence-electron chi connectivity index (χ2n) is 3.96. The number of carbonyl (C=O) groups is 1. The second-order valence-corrected chi connectivity index (χ2v) is 3.96. The lowest BCUT2D eigenvalue weighted by atomic mass is 10.1. The average molecular weight is 245 g/mol. The van der Waals surface area contributed by atoms with Gasteiger partial charge in [0, 0.05) is 24.2 Å². The minimum Gasteiger partial charge on any atom is -0.398 e. The monoisotopic (exact) mass is 245 g/mol. The first kappa shape index (κ1) is 12.1. The number of carbonyl (C=O) groups excluding carboxylic acids is 1. The Morgan fingerprint density at radius 2 is 2.33 bits per heavy atom. The molecule has 0 fully saturated rings. The third kappa shape index (κ3) is 2.65. The van der Waals surface area contributed by atoms with Gasteiger partial charge in [-0.3, -0.25) is 9.89 Å². The summed E-state index contributed by atoms with van der Waals surface area (Å²) in [6.45, 7) is 2.34. The van der Waals surface area contributed by atoms with Gasteiger partial charge in [-0.2, -0.15) is 5.10 Å². The zero-order valence-electron chi connectivity index (χ0n) is 10.1. The Morgan fingerprint density at radius 3 is 3.06 bits per heavy atom. The molecule has 0 atom stereocenters. The summed E-state index contributed by atoms with van der Waals surface area (Å²) in [5, 5.41) is 9.30. The molecule has 6 nitrogen and oxygen atoms in total. The van der Waals surface area contributed by atoms with E-state index in [2.05, 4.69) is 20.5 Å². The number of benzene rings is 1. The minimum absolute atomic E-state index is 0.126. The number of hydrogen-bond acceptors (Lipinski definition) is 4. The standard InChI is InChI=1S/C12H15N5O/c1-8-9(3-2-4-10(8)13)12(18)14-6-5-11-15-7-16-17-11/h2-4,7H,5-6,13H2,1H3,(H,14,18)(H,15,16,17). The molecule has 4 N–H and O–H groups in total. The predicted octanol–water partition coefficient (Wildman–Crippen LogP) is 0.668. The first-order valence-corrected chi connectivity index (χ1v) is 5.66. The smallest absolute Gasteiger partial charge is 0.251 e. The van der Waals surface area contributed by atoms with Crippen molar-refractivity contribution in [2.24, 2.45) is 0 Å². The second kappa shape index (κ2) is 5.31. The lowest BCUT2D eigenvalue weighted by Crippen LogP contribution is -2.26. The first-order chi connectivity index (χ1) is 8.68. The van der Waals surface area contributed by atoms with E-state index in [1.165, 1.54) is 6.33 Å². The Bertz CT molecular complexity index is 535. The highest BCUT2D eigenvalue weighted by atomic mass is 16.1. The number of hydrogen-bond donors (Lipinski definition) is 3. The lowest BCUT2D eigenvalue weighted by molar-refractivity contribution is 0.0953. The molecule has 0 saturated carbocycles. The quantitative estimate of drug-likeness (QED) is 0.689. The number of H-pyrrole nitrogens is 1. The summed E-state index contributed by atoms with van der Waals surface area (Å²) < 4.78 is 0. The Kier molecular flexibility index (Phi) is 3.57. The number of amides is 1. The van der Waals surface area contributed by atoms with Crippen LogP contribution in [0.5, 0.6) is 0 Å². The van der Waals surface area contributed by atoms with Crippen molar-refractivity contribution < 1.29 is 4.79 Å². The van der Waals surface area contributed by atoms with Crippen LogP contribution in [-0.2, 0) is 6.42 Å². The molecule has 0 unspecified atom stereocenters. The van der Waals surface area contributed by atoms with Gasteiger partial charge in [0.15, 0.2) is 0 Å². The Labute approximate surface area is 105 Å². The lowest BCUT2D eigenvalue weighted by Gasteiger charge is -2.08. The molecule has 0 aliphatic carbocycles. The van der Waals surface area contributed by atoms with Crippen molar-refractivity contribution in [2.45, 2.75) is 13.3 Å². The molecule has 2 rings (SSSR count). The van der Waals surface area contributed by atoms with Crippen molar-refractivity contribution in [3.63, 3.8) is 0 Å². The molecule has 1 amide bonds. The van der Waals surface area contributed by atoms with Crippen molar-refractivity contribution in [1.82, 2.24) is 20.5 Å². The molecule has 2 aromatic rings. The molecule has 94 valence electrons. The third-order valence-electron chi connectivity index (χ3n) is 2.73. The summed E-state index contributed by atoms with van der Waals surface area (Å²) in [4.78, 5) is 15.9. The van der Waals surface area contributed by atoms with Crippen LogP contribution in [0.25, 0.3) is 0 Å². The zero-order chi connectivity index (χ0) is 13.0. The van der Waals surface area contributed by atoms with E-state index in [1.807, 2.05) is 6.92 Å². The number of anilines is 1. The summed E-state index contributed by atoms with van der Waals surface area (Å²) in [6.07, 6.45) is 2.06. The van der Waals surface area contributed by atoms with Gasteiger partial charge in [0.25, 0.3) is 5.91 Å². The molecule has 18 heavy (non-hydrogen) atoms. The van der Waals surface area contributed by atoms with Gasteiger partial charge in [-0.15, -0.1) is 0 Å². The summed E-state index contributed by atoms with van der Waals surface area (Å²) >= 11 is 0. The number of aromatic amines is 1. The van der Waals surface area contributed by atoms with E-state index < -0.39 is 0 Å². The van der Waals surface area contributed by atoms with Crippen LogP contribution >= 0.6 is 0 Å². The first-order valence-electron chi connectivity index (χ1n) is 5.66. The van der Waals surface area contributed by atoms with Crippen LogP contribution < -0.4 is 11.1 Å². The molecule has 0 spiro atoms. The highest BCUT2D eigenvalue weighted by Crippen LogP contribution is 2.15. The fraction of sp³-hybridized carbons (Fsp3) is 0.250. The van der Waals surface area contributed by atoms with Gasteiger partial charge in [-0.05, 0) is 24.6 Å². The fourth-order valence-corrected chi connectivity index (χ4v) is 1.64. The van der Waals surface area contributed by atoms with Gasteiger partial charge >= 0.3 is 0 Å². The van der Waals surface area contributed by atoms with Crippen LogP contribution in [0.1, 0.15) is 21.7 Å². The molecular weight excluding hydrogens is 230 g/mol. The molecule has 6 heteroatoms. The summed E-state index contributed by atoms with van der Waals surface area (Å²) in [6, 6.07) is 5.31. The van der Waals surface area contributed by atoms with Crippen LogP contribution in [-0.4, -0.2) is 27.6 Å².